The summed E-state index contributed by atoms with van der Waals surface area (Å²) in [4.78, 5) is 10.8. The maximum absolute atomic E-state index is 11.1. The molecule has 0 aliphatic carbocycles. The predicted octanol–water partition coefficient (Wildman–Crippen LogP) is 0.692. The summed E-state index contributed by atoms with van der Waals surface area (Å²) in [7, 11) is 1.39. The lowest BCUT2D eigenvalue weighted by Crippen LogP contribution is -2.46. The Morgan fingerprint density at radius 3 is 3.00 bits per heavy atom. The second-order valence-corrected chi connectivity index (χ2v) is 4.84. The number of ether oxygens (including phenoxy) is 2. The van der Waals surface area contributed by atoms with Gasteiger partial charge in [-0.3, -0.25) is 4.79 Å². The third-order valence-electron chi connectivity index (χ3n) is 2.38. The average Bonchev–Trinajstić information content (AvgIpc) is 2.61. The largest absolute Gasteiger partial charge is 0.468 e. The number of alkyl halides is 1. The van der Waals surface area contributed by atoms with Crippen molar-refractivity contribution in [2.24, 2.45) is 0 Å². The highest BCUT2D eigenvalue weighted by Crippen LogP contribution is 2.17. The molecule has 1 fully saturated rings. The monoisotopic (exact) mass is 265 g/mol. The highest BCUT2D eigenvalue weighted by Gasteiger charge is 2.30. The van der Waals surface area contributed by atoms with E-state index in [0.29, 0.717) is 13.2 Å². The highest BCUT2D eigenvalue weighted by molar-refractivity contribution is 9.10. The normalized spacial score (nSPS) is 28.8. The summed E-state index contributed by atoms with van der Waals surface area (Å²) in [5, 5.41) is 3.30. The Hall–Kier alpha value is -0.130. The van der Waals surface area contributed by atoms with Gasteiger partial charge in [0.05, 0.1) is 13.7 Å². The first-order valence-electron chi connectivity index (χ1n) is 4.62. The molecule has 1 aliphatic heterocycles. The topological polar surface area (TPSA) is 47.6 Å². The number of hydrogen-bond acceptors (Lipinski definition) is 4. The minimum atomic E-state index is -0.287. The van der Waals surface area contributed by atoms with Crippen LogP contribution in [-0.4, -0.2) is 43.2 Å². The first-order valence-corrected chi connectivity index (χ1v) is 5.54. The molecule has 0 spiro atoms. The van der Waals surface area contributed by atoms with Crippen LogP contribution in [0.2, 0.25) is 0 Å². The van der Waals surface area contributed by atoms with E-state index in [4.69, 9.17) is 4.74 Å². The van der Waals surface area contributed by atoms with E-state index in [1.54, 1.807) is 0 Å². The van der Waals surface area contributed by atoms with Gasteiger partial charge in [-0.25, -0.2) is 0 Å². The Balaban J connectivity index is 2.28. The van der Waals surface area contributed by atoms with Crippen LogP contribution in [0.1, 0.15) is 13.3 Å². The van der Waals surface area contributed by atoms with E-state index in [1.165, 1.54) is 7.11 Å². The summed E-state index contributed by atoms with van der Waals surface area (Å²) in [5.74, 6) is -0.250. The molecule has 0 radical (unpaired) electrons. The molecule has 0 amide bonds. The fourth-order valence-corrected chi connectivity index (χ4v) is 1.70. The molecule has 0 aromatic heterocycles. The van der Waals surface area contributed by atoms with Crippen LogP contribution in [0.3, 0.4) is 0 Å². The number of halogens is 1. The minimum Gasteiger partial charge on any atom is -0.468 e. The van der Waals surface area contributed by atoms with E-state index < -0.39 is 0 Å². The lowest BCUT2D eigenvalue weighted by atomic mass is 10.0. The van der Waals surface area contributed by atoms with Crippen molar-refractivity contribution in [2.75, 3.05) is 26.9 Å². The number of carbonyl (C=O) groups is 1. The van der Waals surface area contributed by atoms with Crippen molar-refractivity contribution in [3.63, 3.8) is 0 Å². The lowest BCUT2D eigenvalue weighted by molar-refractivity contribution is -0.139. The van der Waals surface area contributed by atoms with Gasteiger partial charge in [-0.15, -0.1) is 0 Å². The Morgan fingerprint density at radius 2 is 2.50 bits per heavy atom. The molecule has 2 atom stereocenters. The molecular formula is C9H16BrNO3. The summed E-state index contributed by atoms with van der Waals surface area (Å²) >= 11 is 3.26. The minimum absolute atomic E-state index is 0.0000411. The van der Waals surface area contributed by atoms with Crippen LogP contribution in [0, 0.1) is 0 Å². The van der Waals surface area contributed by atoms with Crippen molar-refractivity contribution in [3.05, 3.63) is 0 Å². The summed E-state index contributed by atoms with van der Waals surface area (Å²) in [6.07, 6.45) is 0.980. The summed E-state index contributed by atoms with van der Waals surface area (Å²) < 4.78 is 9.89. The van der Waals surface area contributed by atoms with Crippen LogP contribution < -0.4 is 5.32 Å². The lowest BCUT2D eigenvalue weighted by Gasteiger charge is -2.24. The molecule has 0 saturated carbocycles. The van der Waals surface area contributed by atoms with E-state index in [1.807, 2.05) is 0 Å². The molecular weight excluding hydrogens is 250 g/mol. The van der Waals surface area contributed by atoms with E-state index >= 15 is 0 Å². The summed E-state index contributed by atoms with van der Waals surface area (Å²) in [6.45, 7) is 4.14. The summed E-state index contributed by atoms with van der Waals surface area (Å²) in [5.41, 5.74) is 0.0000411. The van der Waals surface area contributed by atoms with Crippen molar-refractivity contribution in [1.29, 1.82) is 0 Å². The fourth-order valence-electron chi connectivity index (χ4n) is 1.35. The van der Waals surface area contributed by atoms with Gasteiger partial charge in [0.15, 0.2) is 0 Å². The highest BCUT2D eigenvalue weighted by atomic mass is 79.9. The maximum Gasteiger partial charge on any atom is 0.320 e. The molecule has 1 saturated heterocycles. The van der Waals surface area contributed by atoms with Crippen LogP contribution in [0.25, 0.3) is 0 Å². The molecule has 1 aliphatic rings. The number of nitrogens with one attached hydrogen (secondary N) is 1. The van der Waals surface area contributed by atoms with Gasteiger partial charge in [0, 0.05) is 18.7 Å². The Kier molecular flexibility index (Phi) is 4.34. The zero-order valence-corrected chi connectivity index (χ0v) is 10.1. The van der Waals surface area contributed by atoms with Gasteiger partial charge < -0.3 is 14.8 Å². The van der Waals surface area contributed by atoms with Crippen LogP contribution in [0.4, 0.5) is 0 Å². The molecule has 4 nitrogen and oxygen atoms in total. The predicted molar refractivity (Wildman–Crippen MR) is 56.6 cm³/mol. The fraction of sp³-hybridized carbons (Fsp3) is 0.889. The van der Waals surface area contributed by atoms with E-state index in [2.05, 4.69) is 32.9 Å². The van der Waals surface area contributed by atoms with Gasteiger partial charge in [-0.05, 0) is 13.3 Å². The van der Waals surface area contributed by atoms with Gasteiger partial charge in [-0.1, -0.05) is 15.9 Å². The van der Waals surface area contributed by atoms with Gasteiger partial charge in [0.1, 0.15) is 4.83 Å². The smallest absolute Gasteiger partial charge is 0.320 e. The molecule has 1 rings (SSSR count). The standard InChI is InChI=1S/C9H16BrNO3/c1-9(3-4-14-6-9)11-5-7(10)8(12)13-2/h7,11H,3-6H2,1-2H3. The van der Waals surface area contributed by atoms with Crippen molar-refractivity contribution < 1.29 is 14.3 Å². The van der Waals surface area contributed by atoms with Gasteiger partial charge in [0.25, 0.3) is 0 Å². The third-order valence-corrected chi connectivity index (χ3v) is 3.08. The summed E-state index contributed by atoms with van der Waals surface area (Å²) in [6, 6.07) is 0. The molecule has 1 heterocycles. The molecule has 82 valence electrons. The van der Waals surface area contributed by atoms with Crippen LogP contribution in [-0.2, 0) is 14.3 Å². The van der Waals surface area contributed by atoms with Crippen molar-refractivity contribution in [2.45, 2.75) is 23.7 Å². The van der Waals surface area contributed by atoms with E-state index in [-0.39, 0.29) is 16.3 Å². The Bertz CT molecular complexity index is 204. The quantitative estimate of drug-likeness (QED) is 0.601. The van der Waals surface area contributed by atoms with Gasteiger partial charge in [0.2, 0.25) is 0 Å². The number of methoxy groups -OCH3 is 1. The number of carbonyl (C=O) groups excluding carboxylic acids is 1. The molecule has 1 N–H and O–H groups in total. The van der Waals surface area contributed by atoms with Crippen molar-refractivity contribution in [3.8, 4) is 0 Å². The van der Waals surface area contributed by atoms with Crippen molar-refractivity contribution in [1.82, 2.24) is 5.32 Å². The molecule has 5 heteroatoms. The third kappa shape index (κ3) is 3.22. The van der Waals surface area contributed by atoms with Crippen molar-refractivity contribution >= 4 is 21.9 Å². The second kappa shape index (κ2) is 5.09. The second-order valence-electron chi connectivity index (χ2n) is 3.73. The van der Waals surface area contributed by atoms with Crippen LogP contribution in [0.15, 0.2) is 0 Å². The Morgan fingerprint density at radius 1 is 1.79 bits per heavy atom. The number of rotatable bonds is 4. The Labute approximate surface area is 92.5 Å². The van der Waals surface area contributed by atoms with Crippen LogP contribution in [0.5, 0.6) is 0 Å². The first-order chi connectivity index (χ1) is 6.57. The first kappa shape index (κ1) is 11.9. The number of esters is 1. The number of hydrogen-bond donors (Lipinski definition) is 1. The molecule has 2 unspecified atom stereocenters. The SMILES string of the molecule is COC(=O)C(Br)CNC1(C)CCOC1. The zero-order valence-electron chi connectivity index (χ0n) is 8.51. The van der Waals surface area contributed by atoms with E-state index in [9.17, 15) is 4.79 Å². The zero-order chi connectivity index (χ0) is 10.6. The van der Waals surface area contributed by atoms with Gasteiger partial charge in [-0.2, -0.15) is 0 Å². The molecule has 14 heavy (non-hydrogen) atoms. The molecule has 0 aromatic rings. The average molecular weight is 266 g/mol. The molecule has 0 aromatic carbocycles. The van der Waals surface area contributed by atoms with Crippen LogP contribution >= 0.6 is 15.9 Å². The molecule has 0 bridgehead atoms. The maximum atomic E-state index is 11.1. The van der Waals surface area contributed by atoms with E-state index in [0.717, 1.165) is 13.0 Å². The van der Waals surface area contributed by atoms with Gasteiger partial charge >= 0.3 is 5.97 Å².